The van der Waals surface area contributed by atoms with Crippen molar-refractivity contribution in [3.63, 3.8) is 0 Å². The molecule has 3 rings (SSSR count). The first-order chi connectivity index (χ1) is 9.65. The SMILES string of the molecule is COc1cc2c(cc1F)[nH]c(=S)n2C1CCCC1SC. The number of aromatic nitrogens is 2. The summed E-state index contributed by atoms with van der Waals surface area (Å²) in [5.74, 6) is -0.102. The molecule has 1 aromatic carbocycles. The molecule has 2 atom stereocenters. The second kappa shape index (κ2) is 5.41. The number of rotatable bonds is 3. The van der Waals surface area contributed by atoms with Crippen molar-refractivity contribution >= 4 is 35.0 Å². The lowest BCUT2D eigenvalue weighted by Crippen LogP contribution is -2.15. The van der Waals surface area contributed by atoms with Crippen molar-refractivity contribution in [1.29, 1.82) is 0 Å². The molecule has 1 fully saturated rings. The van der Waals surface area contributed by atoms with Crippen LogP contribution in [0.4, 0.5) is 4.39 Å². The van der Waals surface area contributed by atoms with Gasteiger partial charge in [-0.05, 0) is 31.3 Å². The summed E-state index contributed by atoms with van der Waals surface area (Å²) in [6.45, 7) is 0. The number of halogens is 1. The van der Waals surface area contributed by atoms with E-state index in [1.165, 1.54) is 26.0 Å². The minimum Gasteiger partial charge on any atom is -0.494 e. The number of hydrogen-bond donors (Lipinski definition) is 1. The van der Waals surface area contributed by atoms with Crippen LogP contribution in [-0.2, 0) is 0 Å². The minimum absolute atomic E-state index is 0.263. The number of nitrogens with one attached hydrogen (secondary N) is 1. The van der Waals surface area contributed by atoms with Crippen LogP contribution in [0, 0.1) is 10.6 Å². The van der Waals surface area contributed by atoms with Crippen LogP contribution in [0.25, 0.3) is 11.0 Å². The van der Waals surface area contributed by atoms with Gasteiger partial charge in [-0.2, -0.15) is 11.8 Å². The van der Waals surface area contributed by atoms with E-state index in [0.717, 1.165) is 17.5 Å². The van der Waals surface area contributed by atoms with Gasteiger partial charge in [-0.15, -0.1) is 0 Å². The van der Waals surface area contributed by atoms with Crippen molar-refractivity contribution in [1.82, 2.24) is 9.55 Å². The predicted octanol–water partition coefficient (Wildman–Crippen LogP) is 4.30. The number of benzene rings is 1. The van der Waals surface area contributed by atoms with Gasteiger partial charge >= 0.3 is 0 Å². The van der Waals surface area contributed by atoms with Crippen molar-refractivity contribution < 1.29 is 9.13 Å². The highest BCUT2D eigenvalue weighted by molar-refractivity contribution is 7.99. The van der Waals surface area contributed by atoms with Crippen molar-refractivity contribution in [2.24, 2.45) is 0 Å². The largest absolute Gasteiger partial charge is 0.494 e. The van der Waals surface area contributed by atoms with E-state index >= 15 is 0 Å². The summed E-state index contributed by atoms with van der Waals surface area (Å²) < 4.78 is 21.7. The lowest BCUT2D eigenvalue weighted by atomic mass is 10.2. The number of H-pyrrole nitrogens is 1. The van der Waals surface area contributed by atoms with Gasteiger partial charge in [0.1, 0.15) is 0 Å². The van der Waals surface area contributed by atoms with Crippen molar-refractivity contribution in [3.05, 3.63) is 22.7 Å². The van der Waals surface area contributed by atoms with E-state index in [1.54, 1.807) is 6.07 Å². The standard InChI is InChI=1S/C14H17FN2OS2/c1-18-12-7-11-9(6-8(12)15)16-14(19)17(11)10-4-3-5-13(10)20-2/h6-7,10,13H,3-5H2,1-2H3,(H,16,19). The van der Waals surface area contributed by atoms with E-state index < -0.39 is 0 Å². The lowest BCUT2D eigenvalue weighted by molar-refractivity contribution is 0.387. The first kappa shape index (κ1) is 13.9. The van der Waals surface area contributed by atoms with Crippen molar-refractivity contribution in [2.45, 2.75) is 30.6 Å². The van der Waals surface area contributed by atoms with E-state index in [1.807, 2.05) is 11.8 Å². The molecule has 0 radical (unpaired) electrons. The van der Waals surface area contributed by atoms with Gasteiger partial charge in [0.2, 0.25) is 0 Å². The normalized spacial score (nSPS) is 22.6. The zero-order valence-corrected chi connectivity index (χ0v) is 13.1. The van der Waals surface area contributed by atoms with E-state index in [2.05, 4.69) is 15.8 Å². The monoisotopic (exact) mass is 312 g/mol. The average Bonchev–Trinajstić information content (AvgIpc) is 3.00. The highest BCUT2D eigenvalue weighted by Gasteiger charge is 2.29. The smallest absolute Gasteiger partial charge is 0.178 e. The van der Waals surface area contributed by atoms with Crippen LogP contribution in [0.1, 0.15) is 25.3 Å². The summed E-state index contributed by atoms with van der Waals surface area (Å²) >= 11 is 7.33. The molecule has 1 aliphatic rings. The molecule has 1 heterocycles. The van der Waals surface area contributed by atoms with Crippen LogP contribution < -0.4 is 4.74 Å². The number of nitrogens with zero attached hydrogens (tertiary/aromatic N) is 1. The van der Waals surface area contributed by atoms with Crippen LogP contribution in [-0.4, -0.2) is 28.2 Å². The Hall–Kier alpha value is -1.01. The summed E-state index contributed by atoms with van der Waals surface area (Å²) in [5, 5.41) is 0.566. The second-order valence-electron chi connectivity index (χ2n) is 5.08. The van der Waals surface area contributed by atoms with Crippen LogP contribution in [0.2, 0.25) is 0 Å². The average molecular weight is 312 g/mol. The molecular formula is C14H17FN2OS2. The second-order valence-corrected chi connectivity index (χ2v) is 6.54. The molecule has 1 N–H and O–H groups in total. The van der Waals surface area contributed by atoms with E-state index in [0.29, 0.717) is 16.1 Å². The third-order valence-corrected chi connectivity index (χ3v) is 5.50. The summed E-state index contributed by atoms with van der Waals surface area (Å²) in [5.41, 5.74) is 1.67. The zero-order valence-electron chi connectivity index (χ0n) is 11.5. The molecule has 0 aliphatic heterocycles. The summed E-state index contributed by atoms with van der Waals surface area (Å²) in [7, 11) is 1.48. The molecule has 6 heteroatoms. The zero-order chi connectivity index (χ0) is 14.3. The number of aromatic amines is 1. The highest BCUT2D eigenvalue weighted by atomic mass is 32.2. The van der Waals surface area contributed by atoms with Gasteiger partial charge in [-0.1, -0.05) is 6.42 Å². The molecule has 1 aliphatic carbocycles. The first-order valence-corrected chi connectivity index (χ1v) is 8.36. The Kier molecular flexibility index (Phi) is 3.77. The van der Waals surface area contributed by atoms with Gasteiger partial charge in [0.05, 0.1) is 18.1 Å². The Morgan fingerprint density at radius 1 is 1.45 bits per heavy atom. The van der Waals surface area contributed by atoms with Gasteiger partial charge in [0.15, 0.2) is 16.3 Å². The maximum absolute atomic E-state index is 13.8. The third kappa shape index (κ3) is 2.15. The molecule has 0 bridgehead atoms. The molecule has 108 valence electrons. The number of thioether (sulfide) groups is 1. The molecule has 2 unspecified atom stereocenters. The van der Waals surface area contributed by atoms with Crippen LogP contribution in [0.15, 0.2) is 12.1 Å². The quantitative estimate of drug-likeness (QED) is 0.857. The number of ether oxygens (including phenoxy) is 1. The number of fused-ring (bicyclic) bond motifs is 1. The molecule has 20 heavy (non-hydrogen) atoms. The fraction of sp³-hybridized carbons (Fsp3) is 0.500. The maximum Gasteiger partial charge on any atom is 0.178 e. The molecule has 3 nitrogen and oxygen atoms in total. The molecule has 2 aromatic rings. The molecule has 0 spiro atoms. The van der Waals surface area contributed by atoms with Gasteiger partial charge in [0, 0.05) is 23.4 Å². The third-order valence-electron chi connectivity index (χ3n) is 4.04. The first-order valence-electron chi connectivity index (χ1n) is 6.66. The minimum atomic E-state index is -0.365. The molecule has 0 saturated heterocycles. The Morgan fingerprint density at radius 3 is 2.95 bits per heavy atom. The van der Waals surface area contributed by atoms with Crippen LogP contribution in [0.5, 0.6) is 5.75 Å². The van der Waals surface area contributed by atoms with Gasteiger partial charge in [0.25, 0.3) is 0 Å². The lowest BCUT2D eigenvalue weighted by Gasteiger charge is -2.20. The Balaban J connectivity index is 2.19. The molecule has 1 aromatic heterocycles. The summed E-state index contributed by atoms with van der Waals surface area (Å²) in [4.78, 5) is 3.11. The fourth-order valence-electron chi connectivity index (χ4n) is 3.09. The predicted molar refractivity (Wildman–Crippen MR) is 83.8 cm³/mol. The topological polar surface area (TPSA) is 29.9 Å². The molecule has 1 saturated carbocycles. The highest BCUT2D eigenvalue weighted by Crippen LogP contribution is 2.39. The Morgan fingerprint density at radius 2 is 2.25 bits per heavy atom. The summed E-state index contributed by atoms with van der Waals surface area (Å²) in [6, 6.07) is 3.58. The van der Waals surface area contributed by atoms with E-state index in [9.17, 15) is 4.39 Å². The number of hydrogen-bond acceptors (Lipinski definition) is 3. The Labute approximate surface area is 126 Å². The van der Waals surface area contributed by atoms with Gasteiger partial charge in [-0.3, -0.25) is 0 Å². The Bertz CT molecular complexity index is 694. The number of methoxy groups -OCH3 is 1. The molecular weight excluding hydrogens is 295 g/mol. The summed E-state index contributed by atoms with van der Waals surface area (Å²) in [6.07, 6.45) is 5.68. The fourth-order valence-corrected chi connectivity index (χ4v) is 4.41. The van der Waals surface area contributed by atoms with Crippen molar-refractivity contribution in [2.75, 3.05) is 13.4 Å². The van der Waals surface area contributed by atoms with Gasteiger partial charge < -0.3 is 14.3 Å². The van der Waals surface area contributed by atoms with Gasteiger partial charge in [-0.25, -0.2) is 4.39 Å². The molecule has 0 amide bonds. The van der Waals surface area contributed by atoms with Crippen LogP contribution in [0.3, 0.4) is 0 Å². The van der Waals surface area contributed by atoms with E-state index in [4.69, 9.17) is 17.0 Å². The van der Waals surface area contributed by atoms with E-state index in [-0.39, 0.29) is 11.6 Å². The van der Waals surface area contributed by atoms with Crippen molar-refractivity contribution in [3.8, 4) is 5.75 Å². The van der Waals surface area contributed by atoms with Crippen LogP contribution >= 0.6 is 24.0 Å². The number of imidazole rings is 1. The maximum atomic E-state index is 13.8.